The zero-order valence-electron chi connectivity index (χ0n) is 11.2. The van der Waals surface area contributed by atoms with Crippen LogP contribution in [0.5, 0.6) is 0 Å². The molecule has 96 valence electrons. The molecule has 0 saturated heterocycles. The van der Waals surface area contributed by atoms with Crippen LogP contribution in [-0.4, -0.2) is 20.6 Å². The van der Waals surface area contributed by atoms with Crippen LogP contribution in [0, 0.1) is 0 Å². The average molecular weight is 244 g/mol. The molecule has 0 spiro atoms. The highest BCUT2D eigenvalue weighted by Gasteiger charge is 2.04. The van der Waals surface area contributed by atoms with E-state index >= 15 is 0 Å². The molecule has 1 aromatic heterocycles. The zero-order chi connectivity index (χ0) is 13.0. The number of benzene rings is 1. The molecular weight excluding hydrogens is 224 g/mol. The normalized spacial score (nSPS) is 10.6. The van der Waals surface area contributed by atoms with Gasteiger partial charge in [0, 0.05) is 25.3 Å². The molecule has 0 unspecified atom stereocenters. The summed E-state index contributed by atoms with van der Waals surface area (Å²) in [5, 5.41) is 3.25. The van der Waals surface area contributed by atoms with Crippen molar-refractivity contribution >= 4 is 5.69 Å². The molecule has 0 bridgehead atoms. The number of hydrogen-bond donors (Lipinski definition) is 1. The second-order valence-electron chi connectivity index (χ2n) is 4.49. The predicted octanol–water partition coefficient (Wildman–Crippen LogP) is 3.12. The lowest BCUT2D eigenvalue weighted by Crippen LogP contribution is -2.10. The minimum atomic E-state index is 0.784. The van der Waals surface area contributed by atoms with E-state index in [-0.39, 0.29) is 0 Å². The van der Waals surface area contributed by atoms with Gasteiger partial charge in [0.15, 0.2) is 0 Å². The summed E-state index contributed by atoms with van der Waals surface area (Å²) in [6.07, 6.45) is 0. The van der Waals surface area contributed by atoms with E-state index in [1.807, 2.05) is 26.2 Å². The largest absolute Gasteiger partial charge is 0.460 e. The first kappa shape index (κ1) is 12.7. The Hall–Kier alpha value is -1.74. The summed E-state index contributed by atoms with van der Waals surface area (Å²) in [4.78, 5) is 2.09. The van der Waals surface area contributed by atoms with Crippen LogP contribution in [0.1, 0.15) is 12.7 Å². The van der Waals surface area contributed by atoms with E-state index in [0.717, 1.165) is 30.2 Å². The Bertz CT molecular complexity index is 485. The van der Waals surface area contributed by atoms with Crippen molar-refractivity contribution in [3.8, 4) is 11.3 Å². The third-order valence-electron chi connectivity index (χ3n) is 2.88. The van der Waals surface area contributed by atoms with Crippen molar-refractivity contribution in [1.29, 1.82) is 0 Å². The van der Waals surface area contributed by atoms with Gasteiger partial charge in [-0.3, -0.25) is 0 Å². The highest BCUT2D eigenvalue weighted by Crippen LogP contribution is 2.24. The van der Waals surface area contributed by atoms with E-state index in [1.54, 1.807) is 0 Å². The summed E-state index contributed by atoms with van der Waals surface area (Å²) < 4.78 is 5.80. The Kier molecular flexibility index (Phi) is 4.05. The van der Waals surface area contributed by atoms with Gasteiger partial charge in [-0.25, -0.2) is 0 Å². The van der Waals surface area contributed by atoms with Crippen LogP contribution in [0.3, 0.4) is 0 Å². The molecule has 3 nitrogen and oxygen atoms in total. The lowest BCUT2D eigenvalue weighted by Gasteiger charge is -2.12. The second-order valence-corrected chi connectivity index (χ2v) is 4.49. The molecule has 1 aromatic carbocycles. The van der Waals surface area contributed by atoms with Gasteiger partial charge in [-0.15, -0.1) is 0 Å². The van der Waals surface area contributed by atoms with Crippen molar-refractivity contribution < 1.29 is 4.42 Å². The molecule has 0 fully saturated rings. The van der Waals surface area contributed by atoms with Gasteiger partial charge in [0.1, 0.15) is 11.5 Å². The number of furan rings is 1. The fourth-order valence-corrected chi connectivity index (χ4v) is 1.80. The van der Waals surface area contributed by atoms with Crippen molar-refractivity contribution in [2.75, 3.05) is 25.5 Å². The van der Waals surface area contributed by atoms with Crippen LogP contribution in [0.25, 0.3) is 11.3 Å². The quantitative estimate of drug-likeness (QED) is 0.876. The molecule has 3 heteroatoms. The molecule has 0 aliphatic rings. The molecule has 18 heavy (non-hydrogen) atoms. The van der Waals surface area contributed by atoms with E-state index in [2.05, 4.69) is 41.4 Å². The van der Waals surface area contributed by atoms with E-state index in [1.165, 1.54) is 5.69 Å². The number of hydrogen-bond acceptors (Lipinski definition) is 3. The minimum absolute atomic E-state index is 0.784. The van der Waals surface area contributed by atoms with Gasteiger partial charge in [0.2, 0.25) is 0 Å². The summed E-state index contributed by atoms with van der Waals surface area (Å²) in [6, 6.07) is 12.4. The molecule has 0 radical (unpaired) electrons. The van der Waals surface area contributed by atoms with Crippen LogP contribution in [0.2, 0.25) is 0 Å². The van der Waals surface area contributed by atoms with Crippen LogP contribution in [0.4, 0.5) is 5.69 Å². The predicted molar refractivity (Wildman–Crippen MR) is 75.9 cm³/mol. The number of rotatable bonds is 5. The Labute approximate surface area is 108 Å². The molecule has 2 rings (SSSR count). The molecule has 1 heterocycles. The number of anilines is 1. The molecule has 0 atom stereocenters. The van der Waals surface area contributed by atoms with Gasteiger partial charge < -0.3 is 14.6 Å². The molecule has 1 N–H and O–H groups in total. The van der Waals surface area contributed by atoms with Crippen molar-refractivity contribution in [2.45, 2.75) is 13.5 Å². The van der Waals surface area contributed by atoms with Gasteiger partial charge in [0.05, 0.1) is 6.54 Å². The molecular formula is C15H20N2O. The van der Waals surface area contributed by atoms with Gasteiger partial charge in [-0.1, -0.05) is 6.92 Å². The average Bonchev–Trinajstić information content (AvgIpc) is 2.85. The number of nitrogens with zero attached hydrogens (tertiary/aromatic N) is 1. The fraction of sp³-hybridized carbons (Fsp3) is 0.333. The lowest BCUT2D eigenvalue weighted by atomic mass is 10.1. The minimum Gasteiger partial charge on any atom is -0.460 e. The standard InChI is InChI=1S/C15H20N2O/c1-4-16-11-14-9-10-15(18-14)12-5-7-13(8-6-12)17(2)3/h5-10,16H,4,11H2,1-3H3. The second kappa shape index (κ2) is 5.74. The van der Waals surface area contributed by atoms with Gasteiger partial charge in [-0.05, 0) is 42.9 Å². The Balaban J connectivity index is 2.13. The van der Waals surface area contributed by atoms with E-state index in [9.17, 15) is 0 Å². The fourth-order valence-electron chi connectivity index (χ4n) is 1.80. The highest BCUT2D eigenvalue weighted by atomic mass is 16.3. The zero-order valence-corrected chi connectivity index (χ0v) is 11.2. The topological polar surface area (TPSA) is 28.4 Å². The monoisotopic (exact) mass is 244 g/mol. The van der Waals surface area contributed by atoms with Crippen molar-refractivity contribution in [1.82, 2.24) is 5.32 Å². The van der Waals surface area contributed by atoms with E-state index < -0.39 is 0 Å². The van der Waals surface area contributed by atoms with Crippen molar-refractivity contribution in [3.05, 3.63) is 42.2 Å². The smallest absolute Gasteiger partial charge is 0.134 e. The summed E-state index contributed by atoms with van der Waals surface area (Å²) in [5.74, 6) is 1.90. The maximum absolute atomic E-state index is 5.80. The Morgan fingerprint density at radius 1 is 1.06 bits per heavy atom. The first-order valence-electron chi connectivity index (χ1n) is 6.28. The molecule has 0 saturated carbocycles. The lowest BCUT2D eigenvalue weighted by molar-refractivity contribution is 0.498. The van der Waals surface area contributed by atoms with Crippen LogP contribution >= 0.6 is 0 Å². The molecule has 0 aliphatic heterocycles. The molecule has 0 aliphatic carbocycles. The SMILES string of the molecule is CCNCc1ccc(-c2ccc(N(C)C)cc2)o1. The van der Waals surface area contributed by atoms with Gasteiger partial charge >= 0.3 is 0 Å². The third kappa shape index (κ3) is 2.93. The van der Waals surface area contributed by atoms with E-state index in [0.29, 0.717) is 0 Å². The maximum Gasteiger partial charge on any atom is 0.134 e. The van der Waals surface area contributed by atoms with Crippen molar-refractivity contribution in [2.24, 2.45) is 0 Å². The summed E-state index contributed by atoms with van der Waals surface area (Å²) in [6.45, 7) is 3.82. The first-order chi connectivity index (χ1) is 8.70. The number of nitrogens with one attached hydrogen (secondary N) is 1. The summed E-state index contributed by atoms with van der Waals surface area (Å²) in [5.41, 5.74) is 2.31. The highest BCUT2D eigenvalue weighted by molar-refractivity contribution is 5.61. The third-order valence-corrected chi connectivity index (χ3v) is 2.88. The van der Waals surface area contributed by atoms with Crippen molar-refractivity contribution in [3.63, 3.8) is 0 Å². The van der Waals surface area contributed by atoms with Crippen LogP contribution in [-0.2, 0) is 6.54 Å². The van der Waals surface area contributed by atoms with E-state index in [4.69, 9.17) is 4.42 Å². The Morgan fingerprint density at radius 2 is 1.78 bits per heavy atom. The maximum atomic E-state index is 5.80. The Morgan fingerprint density at radius 3 is 2.39 bits per heavy atom. The summed E-state index contributed by atoms with van der Waals surface area (Å²) in [7, 11) is 4.08. The summed E-state index contributed by atoms with van der Waals surface area (Å²) >= 11 is 0. The van der Waals surface area contributed by atoms with Gasteiger partial charge in [0.25, 0.3) is 0 Å². The first-order valence-corrected chi connectivity index (χ1v) is 6.28. The molecule has 0 amide bonds. The van der Waals surface area contributed by atoms with Crippen LogP contribution in [0.15, 0.2) is 40.8 Å². The van der Waals surface area contributed by atoms with Crippen LogP contribution < -0.4 is 10.2 Å². The van der Waals surface area contributed by atoms with Gasteiger partial charge in [-0.2, -0.15) is 0 Å². The molecule has 2 aromatic rings.